The number of piperidine rings is 1. The van der Waals surface area contributed by atoms with E-state index in [1.165, 1.54) is 5.56 Å². The van der Waals surface area contributed by atoms with Crippen molar-refractivity contribution in [2.24, 2.45) is 5.41 Å². The van der Waals surface area contributed by atoms with Crippen LogP contribution in [0.3, 0.4) is 0 Å². The molecule has 1 spiro atoms. The molecule has 1 unspecified atom stereocenters. The van der Waals surface area contributed by atoms with Crippen molar-refractivity contribution in [3.63, 3.8) is 0 Å². The first-order valence-corrected chi connectivity index (χ1v) is 8.30. The number of carbonyl (C=O) groups is 1. The van der Waals surface area contributed by atoms with E-state index in [2.05, 4.69) is 11.0 Å². The number of methoxy groups -OCH3 is 1. The van der Waals surface area contributed by atoms with Gasteiger partial charge in [0.1, 0.15) is 11.8 Å². The minimum atomic E-state index is -0.680. The average molecular weight is 318 g/mol. The van der Waals surface area contributed by atoms with Gasteiger partial charge >= 0.3 is 5.97 Å². The molecule has 1 aromatic rings. The molecule has 2 saturated heterocycles. The molecule has 5 heteroatoms. The number of ether oxygens (including phenoxy) is 1. The highest BCUT2D eigenvalue weighted by Gasteiger charge is 2.46. The molecular formula is C18H26N2O3. The lowest BCUT2D eigenvalue weighted by molar-refractivity contribution is -0.141. The summed E-state index contributed by atoms with van der Waals surface area (Å²) in [5.74, 6) is 0.264. The highest BCUT2D eigenvalue weighted by atomic mass is 16.5. The van der Waals surface area contributed by atoms with E-state index in [0.717, 1.165) is 51.2 Å². The number of benzene rings is 1. The molecule has 126 valence electrons. The number of likely N-dealkylation sites (tertiary alicyclic amines) is 2. The van der Waals surface area contributed by atoms with E-state index in [1.54, 1.807) is 7.11 Å². The quantitative estimate of drug-likeness (QED) is 0.921. The van der Waals surface area contributed by atoms with Gasteiger partial charge < -0.3 is 9.84 Å². The number of nitrogens with zero attached hydrogens (tertiary/aromatic N) is 2. The average Bonchev–Trinajstić information content (AvgIpc) is 2.87. The Morgan fingerprint density at radius 1 is 1.35 bits per heavy atom. The molecule has 23 heavy (non-hydrogen) atoms. The highest BCUT2D eigenvalue weighted by Crippen LogP contribution is 2.43. The molecule has 2 aliphatic rings. The smallest absolute Gasteiger partial charge is 0.320 e. The summed E-state index contributed by atoms with van der Waals surface area (Å²) in [6.45, 7) is 3.86. The second-order valence-electron chi connectivity index (χ2n) is 7.06. The first kappa shape index (κ1) is 16.3. The first-order chi connectivity index (χ1) is 11.0. The van der Waals surface area contributed by atoms with Crippen LogP contribution in [-0.2, 0) is 11.3 Å². The summed E-state index contributed by atoms with van der Waals surface area (Å²) in [5.41, 5.74) is 1.41. The van der Waals surface area contributed by atoms with Crippen molar-refractivity contribution in [1.29, 1.82) is 0 Å². The Morgan fingerprint density at radius 3 is 2.65 bits per heavy atom. The summed E-state index contributed by atoms with van der Waals surface area (Å²) in [5, 5.41) is 9.34. The Labute approximate surface area is 137 Å². The van der Waals surface area contributed by atoms with Gasteiger partial charge in [-0.15, -0.1) is 0 Å². The van der Waals surface area contributed by atoms with E-state index < -0.39 is 5.97 Å². The van der Waals surface area contributed by atoms with Gasteiger partial charge in [-0.05, 0) is 50.9 Å². The van der Waals surface area contributed by atoms with Crippen LogP contribution in [0.25, 0.3) is 0 Å². The Morgan fingerprint density at radius 2 is 2.04 bits per heavy atom. The van der Waals surface area contributed by atoms with Crippen molar-refractivity contribution in [2.45, 2.75) is 31.8 Å². The Bertz CT molecular complexity index is 567. The summed E-state index contributed by atoms with van der Waals surface area (Å²) in [6.07, 6.45) is 2.95. The third-order valence-corrected chi connectivity index (χ3v) is 5.53. The molecule has 2 fully saturated rings. The van der Waals surface area contributed by atoms with Crippen LogP contribution in [0.1, 0.15) is 24.8 Å². The maximum absolute atomic E-state index is 11.3. The molecule has 0 bridgehead atoms. The number of rotatable bonds is 4. The molecule has 1 aromatic carbocycles. The van der Waals surface area contributed by atoms with Crippen LogP contribution in [0.15, 0.2) is 24.3 Å². The van der Waals surface area contributed by atoms with Crippen molar-refractivity contribution < 1.29 is 14.6 Å². The zero-order valence-electron chi connectivity index (χ0n) is 14.0. The van der Waals surface area contributed by atoms with Gasteiger partial charge in [0.15, 0.2) is 0 Å². The molecule has 1 N–H and O–H groups in total. The summed E-state index contributed by atoms with van der Waals surface area (Å²) in [6, 6.07) is 7.85. The molecule has 1 atom stereocenters. The zero-order valence-corrected chi connectivity index (χ0v) is 14.0. The van der Waals surface area contributed by atoms with E-state index in [9.17, 15) is 9.90 Å². The number of para-hydroxylation sites is 1. The van der Waals surface area contributed by atoms with Gasteiger partial charge in [0.25, 0.3) is 0 Å². The van der Waals surface area contributed by atoms with E-state index in [4.69, 9.17) is 4.74 Å². The van der Waals surface area contributed by atoms with Gasteiger partial charge in [0.05, 0.1) is 7.11 Å². The lowest BCUT2D eigenvalue weighted by Gasteiger charge is -2.39. The largest absolute Gasteiger partial charge is 0.496 e. The number of likely N-dealkylation sites (N-methyl/N-ethyl adjacent to an activating group) is 1. The van der Waals surface area contributed by atoms with Crippen molar-refractivity contribution in [3.05, 3.63) is 29.8 Å². The highest BCUT2D eigenvalue weighted by molar-refractivity contribution is 5.74. The van der Waals surface area contributed by atoms with Crippen LogP contribution in [0.4, 0.5) is 0 Å². The fourth-order valence-corrected chi connectivity index (χ4v) is 4.17. The van der Waals surface area contributed by atoms with Crippen molar-refractivity contribution >= 4 is 5.97 Å². The number of aliphatic carboxylic acids is 1. The van der Waals surface area contributed by atoms with Crippen LogP contribution in [0.2, 0.25) is 0 Å². The monoisotopic (exact) mass is 318 g/mol. The molecule has 5 nitrogen and oxygen atoms in total. The number of hydrogen-bond acceptors (Lipinski definition) is 4. The summed E-state index contributed by atoms with van der Waals surface area (Å²) in [7, 11) is 3.65. The van der Waals surface area contributed by atoms with Gasteiger partial charge in [-0.1, -0.05) is 18.2 Å². The Kier molecular flexibility index (Phi) is 4.60. The SMILES string of the molecule is COc1ccccc1CN1CCC2(CC1)CC(C(=O)O)N(C)C2. The molecule has 0 aliphatic carbocycles. The maximum atomic E-state index is 11.3. The molecule has 2 aliphatic heterocycles. The first-order valence-electron chi connectivity index (χ1n) is 8.30. The fourth-order valence-electron chi connectivity index (χ4n) is 4.17. The number of carboxylic acids is 1. The van der Waals surface area contributed by atoms with Crippen LogP contribution in [0.5, 0.6) is 5.75 Å². The standard InChI is InChI=1S/C18H26N2O3/c1-19-13-18(11-15(19)17(21)22)7-9-20(10-8-18)12-14-5-3-4-6-16(14)23-2/h3-6,15H,7-13H2,1-2H3,(H,21,22). The zero-order chi connectivity index (χ0) is 16.4. The molecule has 0 saturated carbocycles. The van der Waals surface area contributed by atoms with E-state index >= 15 is 0 Å². The second-order valence-corrected chi connectivity index (χ2v) is 7.06. The third-order valence-electron chi connectivity index (χ3n) is 5.53. The minimum absolute atomic E-state index is 0.190. The van der Waals surface area contributed by atoms with Crippen LogP contribution >= 0.6 is 0 Å². The van der Waals surface area contributed by atoms with Crippen LogP contribution in [-0.4, -0.2) is 60.7 Å². The molecule has 0 amide bonds. The van der Waals surface area contributed by atoms with Crippen molar-refractivity contribution in [2.75, 3.05) is 33.8 Å². The van der Waals surface area contributed by atoms with Gasteiger partial charge in [-0.25, -0.2) is 0 Å². The molecule has 2 heterocycles. The number of hydrogen-bond donors (Lipinski definition) is 1. The molecular weight excluding hydrogens is 292 g/mol. The predicted octanol–water partition coefficient (Wildman–Crippen LogP) is 2.07. The van der Waals surface area contributed by atoms with Crippen molar-refractivity contribution in [3.8, 4) is 5.75 Å². The van der Waals surface area contributed by atoms with E-state index in [0.29, 0.717) is 0 Å². The molecule has 0 aromatic heterocycles. The van der Waals surface area contributed by atoms with Crippen molar-refractivity contribution in [1.82, 2.24) is 9.80 Å². The predicted molar refractivity (Wildman–Crippen MR) is 88.6 cm³/mol. The van der Waals surface area contributed by atoms with Gasteiger partial charge in [-0.2, -0.15) is 0 Å². The third kappa shape index (κ3) is 3.35. The Hall–Kier alpha value is -1.59. The maximum Gasteiger partial charge on any atom is 0.320 e. The van der Waals surface area contributed by atoms with Crippen LogP contribution in [0, 0.1) is 5.41 Å². The lowest BCUT2D eigenvalue weighted by atomic mass is 9.76. The fraction of sp³-hybridized carbons (Fsp3) is 0.611. The molecule has 3 rings (SSSR count). The van der Waals surface area contributed by atoms with Gasteiger partial charge in [0, 0.05) is 18.7 Å². The topological polar surface area (TPSA) is 53.0 Å². The van der Waals surface area contributed by atoms with E-state index in [-0.39, 0.29) is 11.5 Å². The minimum Gasteiger partial charge on any atom is -0.496 e. The summed E-state index contributed by atoms with van der Waals surface area (Å²) < 4.78 is 5.44. The summed E-state index contributed by atoms with van der Waals surface area (Å²) >= 11 is 0. The lowest BCUT2D eigenvalue weighted by Crippen LogP contribution is -2.40. The summed E-state index contributed by atoms with van der Waals surface area (Å²) in [4.78, 5) is 15.8. The normalized spacial score (nSPS) is 24.9. The van der Waals surface area contributed by atoms with Gasteiger partial charge in [-0.3, -0.25) is 14.6 Å². The molecule has 0 radical (unpaired) electrons. The van der Waals surface area contributed by atoms with E-state index in [1.807, 2.05) is 30.1 Å². The van der Waals surface area contributed by atoms with Gasteiger partial charge in [0.2, 0.25) is 0 Å². The Balaban J connectivity index is 1.60. The number of carboxylic acid groups (broad SMARTS) is 1. The van der Waals surface area contributed by atoms with Crippen LogP contribution < -0.4 is 4.74 Å². The second kappa shape index (κ2) is 6.49.